The number of nitrogens with one attached hydrogen (secondary N) is 1. The molecular weight excluding hydrogens is 448 g/mol. The number of carbonyl (C=O) groups is 2. The van der Waals surface area contributed by atoms with E-state index in [4.69, 9.17) is 25.5 Å². The molecule has 0 spiro atoms. The van der Waals surface area contributed by atoms with Crippen LogP contribution in [0.3, 0.4) is 0 Å². The number of benzene rings is 2. The third-order valence-corrected chi connectivity index (χ3v) is 6.15. The van der Waals surface area contributed by atoms with Gasteiger partial charge in [0.1, 0.15) is 24.9 Å². The zero-order valence-corrected chi connectivity index (χ0v) is 18.5. The van der Waals surface area contributed by atoms with Crippen LogP contribution in [0.15, 0.2) is 46.9 Å². The first-order valence-corrected chi connectivity index (χ1v) is 11.2. The van der Waals surface area contributed by atoms with Crippen LogP contribution in [0.1, 0.15) is 28.6 Å². The summed E-state index contributed by atoms with van der Waals surface area (Å²) < 4.78 is 16.7. The summed E-state index contributed by atoms with van der Waals surface area (Å²) in [7, 11) is 0. The SMILES string of the molecule is O=C(NC(CN1CCC1)[C@H](O)c1ccc2c(c1)OCCO2)C(=O)c1cc2cc(Cl)ccc2o1. The molecule has 1 amide bonds. The predicted octanol–water partition coefficient (Wildman–Crippen LogP) is 2.96. The summed E-state index contributed by atoms with van der Waals surface area (Å²) in [6, 6.07) is 10.9. The van der Waals surface area contributed by atoms with Crippen molar-refractivity contribution in [3.63, 3.8) is 0 Å². The van der Waals surface area contributed by atoms with Gasteiger partial charge in [-0.3, -0.25) is 9.59 Å². The Kier molecular flexibility index (Phi) is 5.97. The van der Waals surface area contributed by atoms with E-state index >= 15 is 0 Å². The van der Waals surface area contributed by atoms with Crippen LogP contribution >= 0.6 is 11.6 Å². The molecule has 33 heavy (non-hydrogen) atoms. The van der Waals surface area contributed by atoms with E-state index in [1.54, 1.807) is 36.4 Å². The van der Waals surface area contributed by atoms with Crippen molar-refractivity contribution in [2.45, 2.75) is 18.6 Å². The number of aliphatic hydroxyl groups excluding tert-OH is 1. The average molecular weight is 471 g/mol. The fraction of sp³-hybridized carbons (Fsp3) is 0.333. The molecule has 1 unspecified atom stereocenters. The number of furan rings is 1. The lowest BCUT2D eigenvalue weighted by molar-refractivity contribution is -0.119. The largest absolute Gasteiger partial charge is 0.486 e. The predicted molar refractivity (Wildman–Crippen MR) is 121 cm³/mol. The van der Waals surface area contributed by atoms with E-state index in [-0.39, 0.29) is 5.76 Å². The molecule has 3 aromatic rings. The number of ether oxygens (including phenoxy) is 2. The van der Waals surface area contributed by atoms with E-state index in [9.17, 15) is 14.7 Å². The fourth-order valence-corrected chi connectivity index (χ4v) is 4.20. The Morgan fingerprint density at radius 1 is 1.06 bits per heavy atom. The molecule has 2 aliphatic heterocycles. The summed E-state index contributed by atoms with van der Waals surface area (Å²) in [6.45, 7) is 3.05. The van der Waals surface area contributed by atoms with Gasteiger partial charge in [0.05, 0.1) is 6.04 Å². The second-order valence-electron chi connectivity index (χ2n) is 8.20. The van der Waals surface area contributed by atoms with Crippen LogP contribution in [0.25, 0.3) is 11.0 Å². The normalized spacial score (nSPS) is 17.3. The number of ketones is 1. The van der Waals surface area contributed by atoms with Gasteiger partial charge in [0.2, 0.25) is 0 Å². The van der Waals surface area contributed by atoms with Crippen molar-refractivity contribution in [3.8, 4) is 11.5 Å². The van der Waals surface area contributed by atoms with Crippen LogP contribution in [-0.2, 0) is 4.79 Å². The van der Waals surface area contributed by atoms with Gasteiger partial charge in [0, 0.05) is 17.0 Å². The quantitative estimate of drug-likeness (QED) is 0.404. The number of nitrogens with zero attached hydrogens (tertiary/aromatic N) is 1. The van der Waals surface area contributed by atoms with Crippen LogP contribution < -0.4 is 14.8 Å². The molecule has 9 heteroatoms. The zero-order chi connectivity index (χ0) is 22.9. The summed E-state index contributed by atoms with van der Waals surface area (Å²) in [5, 5.41) is 15.0. The lowest BCUT2D eigenvalue weighted by Gasteiger charge is -2.36. The Balaban J connectivity index is 1.35. The van der Waals surface area contributed by atoms with Crippen LogP contribution in [0.2, 0.25) is 5.02 Å². The number of rotatable bonds is 7. The number of hydrogen-bond donors (Lipinski definition) is 2. The number of likely N-dealkylation sites (tertiary alicyclic amines) is 1. The minimum Gasteiger partial charge on any atom is -0.486 e. The van der Waals surface area contributed by atoms with E-state index in [2.05, 4.69) is 10.2 Å². The van der Waals surface area contributed by atoms with Crippen molar-refractivity contribution in [2.24, 2.45) is 0 Å². The number of fused-ring (bicyclic) bond motifs is 2. The van der Waals surface area contributed by atoms with Crippen LogP contribution in [0.5, 0.6) is 11.5 Å². The molecule has 5 rings (SSSR count). The third kappa shape index (κ3) is 4.55. The number of hydrogen-bond acceptors (Lipinski definition) is 7. The van der Waals surface area contributed by atoms with Gasteiger partial charge in [-0.25, -0.2) is 0 Å². The second kappa shape index (κ2) is 9.05. The maximum Gasteiger partial charge on any atom is 0.296 e. The number of carbonyl (C=O) groups excluding carboxylic acids is 2. The molecule has 172 valence electrons. The molecule has 1 aromatic heterocycles. The summed E-state index contributed by atoms with van der Waals surface area (Å²) in [5.74, 6) is -0.585. The summed E-state index contributed by atoms with van der Waals surface area (Å²) >= 11 is 5.99. The van der Waals surface area contributed by atoms with E-state index < -0.39 is 23.8 Å². The van der Waals surface area contributed by atoms with Gasteiger partial charge in [-0.2, -0.15) is 0 Å². The van der Waals surface area contributed by atoms with E-state index in [1.165, 1.54) is 6.07 Å². The van der Waals surface area contributed by atoms with Crippen LogP contribution in [0.4, 0.5) is 0 Å². The molecule has 2 aliphatic rings. The minimum absolute atomic E-state index is 0.0821. The minimum atomic E-state index is -1.05. The monoisotopic (exact) mass is 470 g/mol. The highest BCUT2D eigenvalue weighted by Crippen LogP contribution is 2.33. The molecule has 2 N–H and O–H groups in total. The molecule has 0 bridgehead atoms. The van der Waals surface area contributed by atoms with Crippen molar-refractivity contribution in [1.82, 2.24) is 10.2 Å². The van der Waals surface area contributed by atoms with Crippen molar-refractivity contribution in [3.05, 3.63) is 58.8 Å². The van der Waals surface area contributed by atoms with Crippen molar-refractivity contribution < 1.29 is 28.6 Å². The topological polar surface area (TPSA) is 101 Å². The number of amides is 1. The highest BCUT2D eigenvalue weighted by atomic mass is 35.5. The lowest BCUT2D eigenvalue weighted by Crippen LogP contribution is -2.52. The Labute approximate surface area is 195 Å². The van der Waals surface area contributed by atoms with E-state index in [0.717, 1.165) is 19.5 Å². The van der Waals surface area contributed by atoms with Gasteiger partial charge in [-0.1, -0.05) is 17.7 Å². The van der Waals surface area contributed by atoms with Gasteiger partial charge in [0.25, 0.3) is 11.7 Å². The molecule has 1 saturated heterocycles. The van der Waals surface area contributed by atoms with Crippen molar-refractivity contribution >= 4 is 34.3 Å². The summed E-state index contributed by atoms with van der Waals surface area (Å²) in [5.41, 5.74) is 1.03. The van der Waals surface area contributed by atoms with Gasteiger partial charge in [-0.05, 0) is 61.5 Å². The van der Waals surface area contributed by atoms with Crippen LogP contribution in [0, 0.1) is 0 Å². The first-order valence-electron chi connectivity index (χ1n) is 10.8. The molecule has 0 aliphatic carbocycles. The highest BCUT2D eigenvalue weighted by Gasteiger charge is 2.31. The Bertz CT molecular complexity index is 1200. The average Bonchev–Trinajstić information content (AvgIpc) is 3.22. The van der Waals surface area contributed by atoms with E-state index in [0.29, 0.717) is 52.8 Å². The molecule has 2 atom stereocenters. The third-order valence-electron chi connectivity index (χ3n) is 5.92. The van der Waals surface area contributed by atoms with E-state index in [1.807, 2.05) is 0 Å². The van der Waals surface area contributed by atoms with Gasteiger partial charge in [-0.15, -0.1) is 0 Å². The molecule has 8 nitrogen and oxygen atoms in total. The smallest absolute Gasteiger partial charge is 0.296 e. The van der Waals surface area contributed by atoms with Crippen molar-refractivity contribution in [1.29, 1.82) is 0 Å². The maximum absolute atomic E-state index is 12.8. The Morgan fingerprint density at radius 2 is 1.85 bits per heavy atom. The number of Topliss-reactive ketones (excluding diaryl/α,β-unsaturated/α-hetero) is 1. The standard InChI is InChI=1S/C24H23ClN2O6/c25-16-3-5-18-15(10-16)12-21(33-18)23(29)24(30)26-17(13-27-6-1-7-27)22(28)14-2-4-19-20(11-14)32-9-8-31-19/h2-5,10-12,17,22,28H,1,6-9,13H2,(H,26,30)/t17?,22-/m1/s1. The van der Waals surface area contributed by atoms with Gasteiger partial charge < -0.3 is 29.2 Å². The van der Waals surface area contributed by atoms with Crippen LogP contribution in [-0.4, -0.2) is 60.6 Å². The number of aliphatic hydroxyl groups is 1. The van der Waals surface area contributed by atoms with Crippen molar-refractivity contribution in [2.75, 3.05) is 32.8 Å². The molecule has 0 radical (unpaired) electrons. The lowest BCUT2D eigenvalue weighted by atomic mass is 9.99. The molecule has 2 aromatic carbocycles. The fourth-order valence-electron chi connectivity index (χ4n) is 4.02. The first kappa shape index (κ1) is 21.8. The second-order valence-corrected chi connectivity index (χ2v) is 8.64. The molecular formula is C24H23ClN2O6. The zero-order valence-electron chi connectivity index (χ0n) is 17.8. The summed E-state index contributed by atoms with van der Waals surface area (Å²) in [6.07, 6.45) is 0.00834. The molecule has 1 fully saturated rings. The Morgan fingerprint density at radius 3 is 2.61 bits per heavy atom. The molecule has 3 heterocycles. The first-order chi connectivity index (χ1) is 16.0. The Hall–Kier alpha value is -3.07. The number of halogens is 1. The maximum atomic E-state index is 12.8. The molecule has 0 saturated carbocycles. The summed E-state index contributed by atoms with van der Waals surface area (Å²) in [4.78, 5) is 27.7. The highest BCUT2D eigenvalue weighted by molar-refractivity contribution is 6.42. The van der Waals surface area contributed by atoms with Gasteiger partial charge in [0.15, 0.2) is 17.3 Å². The van der Waals surface area contributed by atoms with Gasteiger partial charge >= 0.3 is 0 Å².